The minimum Gasteiger partial charge on any atom is -0.462 e. The highest BCUT2D eigenvalue weighted by molar-refractivity contribution is 5.90. The lowest BCUT2D eigenvalue weighted by Gasteiger charge is -2.41. The Morgan fingerprint density at radius 2 is 1.72 bits per heavy atom. The average molecular weight is 500 g/mol. The van der Waals surface area contributed by atoms with Crippen molar-refractivity contribution >= 4 is 18.2 Å². The maximum Gasteiger partial charge on any atom is 0.410 e. The van der Waals surface area contributed by atoms with Crippen LogP contribution in [0, 0.1) is 6.92 Å². The Bertz CT molecular complexity index is 1040. The van der Waals surface area contributed by atoms with Gasteiger partial charge in [-0.1, -0.05) is 30.3 Å². The standard InChI is InChI=1S/C27H37N3O6/c1-6-34-24(31)23-13-15-28(20(23)2)14-12-22-18-29(16-17-30(22)26(33)36-27(3,4)5)25(32)35-19-21-10-8-7-9-11-21/h7-11,13,15,22H,6,12,14,16-19H2,1-5H3/t22-/m1/s1. The van der Waals surface area contributed by atoms with E-state index >= 15 is 0 Å². The Kier molecular flexibility index (Phi) is 9.01. The first-order valence-electron chi connectivity index (χ1n) is 12.4. The predicted molar refractivity (Wildman–Crippen MR) is 135 cm³/mol. The van der Waals surface area contributed by atoms with Crippen LogP contribution in [0.5, 0.6) is 0 Å². The normalized spacial score (nSPS) is 16.0. The van der Waals surface area contributed by atoms with Crippen LogP contribution in [-0.4, -0.2) is 70.4 Å². The number of amides is 2. The Balaban J connectivity index is 1.69. The van der Waals surface area contributed by atoms with E-state index in [1.165, 1.54) is 0 Å². The molecular formula is C27H37N3O6. The maximum absolute atomic E-state index is 13.0. The van der Waals surface area contributed by atoms with E-state index in [0.717, 1.165) is 11.3 Å². The molecule has 0 saturated carbocycles. The summed E-state index contributed by atoms with van der Waals surface area (Å²) in [5, 5.41) is 0. The van der Waals surface area contributed by atoms with Gasteiger partial charge < -0.3 is 28.6 Å². The van der Waals surface area contributed by atoms with Crippen LogP contribution in [0.15, 0.2) is 42.6 Å². The van der Waals surface area contributed by atoms with Gasteiger partial charge in [-0.3, -0.25) is 0 Å². The number of hydrogen-bond donors (Lipinski definition) is 0. The molecule has 1 fully saturated rings. The molecule has 2 aromatic rings. The number of benzene rings is 1. The second kappa shape index (κ2) is 12.0. The first kappa shape index (κ1) is 27.1. The number of hydrogen-bond acceptors (Lipinski definition) is 6. The zero-order chi connectivity index (χ0) is 26.3. The van der Waals surface area contributed by atoms with Crippen LogP contribution in [0.2, 0.25) is 0 Å². The van der Waals surface area contributed by atoms with Crippen molar-refractivity contribution in [3.8, 4) is 0 Å². The van der Waals surface area contributed by atoms with Gasteiger partial charge in [0.05, 0.1) is 18.2 Å². The number of carbonyl (C=O) groups is 3. The fourth-order valence-electron chi connectivity index (χ4n) is 4.15. The van der Waals surface area contributed by atoms with Crippen LogP contribution in [0.4, 0.5) is 9.59 Å². The highest BCUT2D eigenvalue weighted by Crippen LogP contribution is 2.21. The Labute approximate surface area is 212 Å². The van der Waals surface area contributed by atoms with Gasteiger partial charge in [0.15, 0.2) is 0 Å². The zero-order valence-electron chi connectivity index (χ0n) is 21.9. The largest absolute Gasteiger partial charge is 0.462 e. The summed E-state index contributed by atoms with van der Waals surface area (Å²) in [4.78, 5) is 41.3. The van der Waals surface area contributed by atoms with Crippen molar-refractivity contribution in [2.75, 3.05) is 26.2 Å². The maximum atomic E-state index is 13.0. The predicted octanol–water partition coefficient (Wildman–Crippen LogP) is 4.62. The summed E-state index contributed by atoms with van der Waals surface area (Å²) in [6.07, 6.45) is 1.60. The van der Waals surface area contributed by atoms with Crippen LogP contribution in [-0.2, 0) is 27.4 Å². The highest BCUT2D eigenvalue weighted by Gasteiger charge is 2.35. The Hall–Kier alpha value is -3.49. The topological polar surface area (TPSA) is 90.3 Å². The van der Waals surface area contributed by atoms with Gasteiger partial charge in [0.2, 0.25) is 0 Å². The third-order valence-electron chi connectivity index (χ3n) is 6.01. The number of rotatable bonds is 7. The van der Waals surface area contributed by atoms with Crippen molar-refractivity contribution in [1.82, 2.24) is 14.4 Å². The third kappa shape index (κ3) is 7.26. The summed E-state index contributed by atoms with van der Waals surface area (Å²) in [6, 6.07) is 11.0. The molecule has 36 heavy (non-hydrogen) atoms. The zero-order valence-corrected chi connectivity index (χ0v) is 21.9. The van der Waals surface area contributed by atoms with E-state index in [2.05, 4.69) is 0 Å². The van der Waals surface area contributed by atoms with Gasteiger partial charge in [-0.05, 0) is 52.7 Å². The van der Waals surface area contributed by atoms with E-state index < -0.39 is 17.8 Å². The number of piperazine rings is 1. The Morgan fingerprint density at radius 1 is 1.00 bits per heavy atom. The van der Waals surface area contributed by atoms with E-state index in [4.69, 9.17) is 14.2 Å². The summed E-state index contributed by atoms with van der Waals surface area (Å²) in [5.41, 5.74) is 1.61. The Morgan fingerprint density at radius 3 is 2.39 bits per heavy atom. The number of aryl methyl sites for hydroxylation is 1. The molecular weight excluding hydrogens is 462 g/mol. The van der Waals surface area contributed by atoms with Crippen molar-refractivity contribution in [3.63, 3.8) is 0 Å². The van der Waals surface area contributed by atoms with E-state index in [1.807, 2.05) is 68.8 Å². The second-order valence-electron chi connectivity index (χ2n) is 9.83. The summed E-state index contributed by atoms with van der Waals surface area (Å²) in [5.74, 6) is -0.353. The molecule has 0 bridgehead atoms. The van der Waals surface area contributed by atoms with Gasteiger partial charge in [-0.15, -0.1) is 0 Å². The molecule has 1 aromatic heterocycles. The van der Waals surface area contributed by atoms with E-state index in [1.54, 1.807) is 22.8 Å². The lowest BCUT2D eigenvalue weighted by Crippen LogP contribution is -2.57. The van der Waals surface area contributed by atoms with Gasteiger partial charge in [-0.25, -0.2) is 14.4 Å². The minimum absolute atomic E-state index is 0.190. The summed E-state index contributed by atoms with van der Waals surface area (Å²) >= 11 is 0. The first-order valence-corrected chi connectivity index (χ1v) is 12.4. The third-order valence-corrected chi connectivity index (χ3v) is 6.01. The van der Waals surface area contributed by atoms with Crippen molar-refractivity contribution in [2.45, 2.75) is 65.8 Å². The van der Waals surface area contributed by atoms with Crippen LogP contribution < -0.4 is 0 Å². The molecule has 1 aromatic carbocycles. The molecule has 9 heteroatoms. The van der Waals surface area contributed by atoms with Crippen molar-refractivity contribution < 1.29 is 28.6 Å². The second-order valence-corrected chi connectivity index (χ2v) is 9.83. The number of nitrogens with zero attached hydrogens (tertiary/aromatic N) is 3. The number of carbonyl (C=O) groups excluding carboxylic acids is 3. The first-order chi connectivity index (χ1) is 17.1. The van der Waals surface area contributed by atoms with Gasteiger partial charge in [0.25, 0.3) is 0 Å². The van der Waals surface area contributed by atoms with E-state index in [9.17, 15) is 14.4 Å². The molecule has 1 saturated heterocycles. The molecule has 1 atom stereocenters. The van der Waals surface area contributed by atoms with E-state index in [0.29, 0.717) is 44.8 Å². The molecule has 196 valence electrons. The molecule has 0 N–H and O–H groups in total. The van der Waals surface area contributed by atoms with Crippen molar-refractivity contribution in [3.05, 3.63) is 59.4 Å². The number of ether oxygens (including phenoxy) is 3. The summed E-state index contributed by atoms with van der Waals surface area (Å²) in [6.45, 7) is 11.2. The highest BCUT2D eigenvalue weighted by atomic mass is 16.6. The number of aromatic nitrogens is 1. The van der Waals surface area contributed by atoms with Gasteiger partial charge in [-0.2, -0.15) is 0 Å². The molecule has 1 aliphatic heterocycles. The minimum atomic E-state index is -0.626. The molecule has 2 amide bonds. The van der Waals surface area contributed by atoms with Gasteiger partial charge in [0, 0.05) is 38.1 Å². The molecule has 0 radical (unpaired) electrons. The molecule has 1 aliphatic rings. The van der Waals surface area contributed by atoms with Crippen LogP contribution >= 0.6 is 0 Å². The summed E-state index contributed by atoms with van der Waals surface area (Å²) < 4.78 is 18.2. The molecule has 2 heterocycles. The monoisotopic (exact) mass is 499 g/mol. The number of esters is 1. The molecule has 0 unspecified atom stereocenters. The average Bonchev–Trinajstić information content (AvgIpc) is 3.21. The molecule has 3 rings (SSSR count). The quantitative estimate of drug-likeness (QED) is 0.408. The lowest BCUT2D eigenvalue weighted by molar-refractivity contribution is -0.00501. The summed E-state index contributed by atoms with van der Waals surface area (Å²) in [7, 11) is 0. The van der Waals surface area contributed by atoms with Crippen molar-refractivity contribution in [2.24, 2.45) is 0 Å². The fraction of sp³-hybridized carbons (Fsp3) is 0.519. The van der Waals surface area contributed by atoms with Gasteiger partial charge in [0.1, 0.15) is 12.2 Å². The van der Waals surface area contributed by atoms with E-state index in [-0.39, 0.29) is 18.6 Å². The van der Waals surface area contributed by atoms with Crippen LogP contribution in [0.1, 0.15) is 55.7 Å². The molecule has 0 aliphatic carbocycles. The fourth-order valence-corrected chi connectivity index (χ4v) is 4.15. The van der Waals surface area contributed by atoms with Gasteiger partial charge >= 0.3 is 18.2 Å². The molecule has 0 spiro atoms. The SMILES string of the molecule is CCOC(=O)c1ccn(CC[C@@H]2CN(C(=O)OCc3ccccc3)CCN2C(=O)OC(C)(C)C)c1C. The smallest absolute Gasteiger partial charge is 0.410 e. The lowest BCUT2D eigenvalue weighted by atomic mass is 10.1. The van der Waals surface area contributed by atoms with Crippen LogP contribution in [0.3, 0.4) is 0 Å². The van der Waals surface area contributed by atoms with Crippen molar-refractivity contribution in [1.29, 1.82) is 0 Å². The molecule has 9 nitrogen and oxygen atoms in total. The van der Waals surface area contributed by atoms with Crippen LogP contribution in [0.25, 0.3) is 0 Å².